The number of rotatable bonds is 2. The molecular formula is C17H35NO4. The molecule has 0 spiro atoms. The van der Waals surface area contributed by atoms with E-state index in [1.54, 1.807) is 11.8 Å². The molecule has 132 valence electrons. The number of piperidine rings is 1. The third-order valence-corrected chi connectivity index (χ3v) is 2.77. The fraction of sp³-hybridized carbons (Fsp3) is 0.882. The van der Waals surface area contributed by atoms with E-state index in [1.165, 1.54) is 0 Å². The molecule has 0 aromatic carbocycles. The molecule has 0 aromatic rings. The maximum absolute atomic E-state index is 11.8. The number of ether oxygens (including phenoxy) is 2. The Kier molecular flexibility index (Phi) is 12.9. The van der Waals surface area contributed by atoms with E-state index in [1.807, 2.05) is 48.5 Å². The number of hydrogen-bond acceptors (Lipinski definition) is 4. The third-order valence-electron chi connectivity index (χ3n) is 2.77. The van der Waals surface area contributed by atoms with Crippen LogP contribution in [0.15, 0.2) is 0 Å². The van der Waals surface area contributed by atoms with Crippen LogP contribution in [0.25, 0.3) is 0 Å². The van der Waals surface area contributed by atoms with Gasteiger partial charge in [-0.2, -0.15) is 0 Å². The van der Waals surface area contributed by atoms with Crippen molar-refractivity contribution >= 4 is 12.1 Å². The first-order chi connectivity index (χ1) is 10.3. The smallest absolute Gasteiger partial charge is 0.410 e. The standard InChI is InChI=1S/C13H23NO4.2C2H6/c1-5-17-11(15)10-6-8-14(9-7-10)12(16)18-13(2,3)4;2*1-2/h10H,5-9H2,1-4H3;2*1-2H3. The van der Waals surface area contributed by atoms with Crippen LogP contribution in [-0.4, -0.2) is 42.3 Å². The van der Waals surface area contributed by atoms with Crippen LogP contribution in [0.2, 0.25) is 0 Å². The topological polar surface area (TPSA) is 55.8 Å². The second kappa shape index (κ2) is 12.3. The van der Waals surface area contributed by atoms with Crippen molar-refractivity contribution in [2.24, 2.45) is 5.92 Å². The van der Waals surface area contributed by atoms with Crippen molar-refractivity contribution in [3.05, 3.63) is 0 Å². The highest BCUT2D eigenvalue weighted by Crippen LogP contribution is 2.20. The highest BCUT2D eigenvalue weighted by Gasteiger charge is 2.30. The average molecular weight is 317 g/mol. The summed E-state index contributed by atoms with van der Waals surface area (Å²) in [4.78, 5) is 25.0. The Morgan fingerprint density at radius 2 is 1.50 bits per heavy atom. The second-order valence-corrected chi connectivity index (χ2v) is 5.49. The summed E-state index contributed by atoms with van der Waals surface area (Å²) in [5.74, 6) is -0.232. The Labute approximate surface area is 136 Å². The molecule has 1 fully saturated rings. The molecule has 1 amide bonds. The lowest BCUT2D eigenvalue weighted by Crippen LogP contribution is -2.43. The fourth-order valence-corrected chi connectivity index (χ4v) is 1.88. The monoisotopic (exact) mass is 317 g/mol. The summed E-state index contributed by atoms with van der Waals surface area (Å²) in [5, 5.41) is 0. The van der Waals surface area contributed by atoms with E-state index >= 15 is 0 Å². The summed E-state index contributed by atoms with van der Waals surface area (Å²) >= 11 is 0. The van der Waals surface area contributed by atoms with E-state index in [-0.39, 0.29) is 18.0 Å². The van der Waals surface area contributed by atoms with Gasteiger partial charge in [0.1, 0.15) is 5.60 Å². The zero-order chi connectivity index (χ0) is 17.8. The lowest BCUT2D eigenvalue weighted by Gasteiger charge is -2.32. The number of nitrogens with zero attached hydrogens (tertiary/aromatic N) is 1. The number of carbonyl (C=O) groups excluding carboxylic acids is 2. The summed E-state index contributed by atoms with van der Waals surface area (Å²) in [5.41, 5.74) is -0.477. The van der Waals surface area contributed by atoms with Gasteiger partial charge in [0.15, 0.2) is 0 Å². The molecule has 0 radical (unpaired) electrons. The molecule has 0 bridgehead atoms. The largest absolute Gasteiger partial charge is 0.466 e. The number of amides is 1. The van der Waals surface area contributed by atoms with Crippen LogP contribution in [0, 0.1) is 5.92 Å². The molecule has 1 saturated heterocycles. The van der Waals surface area contributed by atoms with Crippen LogP contribution in [0.4, 0.5) is 4.79 Å². The zero-order valence-corrected chi connectivity index (χ0v) is 15.7. The van der Waals surface area contributed by atoms with Crippen LogP contribution >= 0.6 is 0 Å². The van der Waals surface area contributed by atoms with Crippen molar-refractivity contribution in [2.45, 2.75) is 73.8 Å². The molecule has 1 heterocycles. The minimum Gasteiger partial charge on any atom is -0.466 e. The summed E-state index contributed by atoms with van der Waals surface area (Å²) < 4.78 is 10.3. The predicted molar refractivity (Wildman–Crippen MR) is 89.9 cm³/mol. The highest BCUT2D eigenvalue weighted by atomic mass is 16.6. The van der Waals surface area contributed by atoms with Crippen molar-refractivity contribution in [1.29, 1.82) is 0 Å². The van der Waals surface area contributed by atoms with Gasteiger partial charge in [-0.15, -0.1) is 0 Å². The molecule has 5 heteroatoms. The Balaban J connectivity index is 0. The van der Waals surface area contributed by atoms with E-state index in [4.69, 9.17) is 9.47 Å². The van der Waals surface area contributed by atoms with E-state index in [0.29, 0.717) is 32.5 Å². The van der Waals surface area contributed by atoms with Crippen LogP contribution in [0.1, 0.15) is 68.2 Å². The van der Waals surface area contributed by atoms with Gasteiger partial charge in [-0.3, -0.25) is 4.79 Å². The molecule has 0 unspecified atom stereocenters. The minimum absolute atomic E-state index is 0.0800. The summed E-state index contributed by atoms with van der Waals surface area (Å²) in [6.07, 6.45) is 1.00. The molecule has 5 nitrogen and oxygen atoms in total. The molecule has 0 saturated carbocycles. The summed E-state index contributed by atoms with van der Waals surface area (Å²) in [7, 11) is 0. The quantitative estimate of drug-likeness (QED) is 0.714. The maximum Gasteiger partial charge on any atom is 0.410 e. The van der Waals surface area contributed by atoms with Crippen LogP contribution in [-0.2, 0) is 14.3 Å². The highest BCUT2D eigenvalue weighted by molar-refractivity contribution is 5.73. The van der Waals surface area contributed by atoms with E-state index in [2.05, 4.69) is 0 Å². The molecule has 22 heavy (non-hydrogen) atoms. The first-order valence-electron chi connectivity index (χ1n) is 8.48. The molecular weight excluding hydrogens is 282 g/mol. The average Bonchev–Trinajstić information content (AvgIpc) is 2.50. The SMILES string of the molecule is CC.CC.CCOC(=O)C1CCN(C(=O)OC(C)(C)C)CC1. The molecule has 0 N–H and O–H groups in total. The van der Waals surface area contributed by atoms with Crippen molar-refractivity contribution in [3.63, 3.8) is 0 Å². The number of hydrogen-bond donors (Lipinski definition) is 0. The Morgan fingerprint density at radius 3 is 1.86 bits per heavy atom. The molecule has 0 aromatic heterocycles. The number of carbonyl (C=O) groups is 2. The van der Waals surface area contributed by atoms with E-state index in [9.17, 15) is 9.59 Å². The number of esters is 1. The van der Waals surface area contributed by atoms with Gasteiger partial charge in [0.2, 0.25) is 0 Å². The predicted octanol–water partition coefficient (Wildman–Crippen LogP) is 4.25. The first kappa shape index (κ1) is 23.0. The minimum atomic E-state index is -0.477. The first-order valence-corrected chi connectivity index (χ1v) is 8.48. The van der Waals surface area contributed by atoms with Gasteiger partial charge in [-0.25, -0.2) is 4.79 Å². The van der Waals surface area contributed by atoms with Crippen molar-refractivity contribution in [2.75, 3.05) is 19.7 Å². The summed E-state index contributed by atoms with van der Waals surface area (Å²) in [6.45, 7) is 16.8. The van der Waals surface area contributed by atoms with Gasteiger partial charge < -0.3 is 14.4 Å². The van der Waals surface area contributed by atoms with Crippen LogP contribution in [0.5, 0.6) is 0 Å². The second-order valence-electron chi connectivity index (χ2n) is 5.49. The maximum atomic E-state index is 11.8. The molecule has 0 aliphatic carbocycles. The van der Waals surface area contributed by atoms with Gasteiger partial charge >= 0.3 is 12.1 Å². The van der Waals surface area contributed by atoms with Gasteiger partial charge in [0.25, 0.3) is 0 Å². The fourth-order valence-electron chi connectivity index (χ4n) is 1.88. The number of likely N-dealkylation sites (tertiary alicyclic amines) is 1. The van der Waals surface area contributed by atoms with Crippen molar-refractivity contribution < 1.29 is 19.1 Å². The van der Waals surface area contributed by atoms with Gasteiger partial charge in [-0.1, -0.05) is 27.7 Å². The van der Waals surface area contributed by atoms with E-state index < -0.39 is 5.60 Å². The Morgan fingerprint density at radius 1 is 1.05 bits per heavy atom. The molecule has 1 aliphatic rings. The van der Waals surface area contributed by atoms with Gasteiger partial charge in [0.05, 0.1) is 12.5 Å². The third kappa shape index (κ3) is 9.64. The van der Waals surface area contributed by atoms with Crippen LogP contribution in [0.3, 0.4) is 0 Å². The molecule has 1 rings (SSSR count). The Hall–Kier alpha value is -1.26. The van der Waals surface area contributed by atoms with Crippen molar-refractivity contribution in [1.82, 2.24) is 4.90 Å². The molecule has 1 aliphatic heterocycles. The lowest BCUT2D eigenvalue weighted by atomic mass is 9.97. The van der Waals surface area contributed by atoms with Gasteiger partial charge in [0, 0.05) is 13.1 Å². The van der Waals surface area contributed by atoms with E-state index in [0.717, 1.165) is 0 Å². The van der Waals surface area contributed by atoms with Crippen molar-refractivity contribution in [3.8, 4) is 0 Å². The summed E-state index contributed by atoms with van der Waals surface area (Å²) in [6, 6.07) is 0. The molecule has 0 atom stereocenters. The Bertz CT molecular complexity index is 302. The van der Waals surface area contributed by atoms with Crippen LogP contribution < -0.4 is 0 Å². The zero-order valence-electron chi connectivity index (χ0n) is 15.7. The normalized spacial score (nSPS) is 14.8. The van der Waals surface area contributed by atoms with Gasteiger partial charge in [-0.05, 0) is 40.5 Å². The lowest BCUT2D eigenvalue weighted by molar-refractivity contribution is -0.149.